The maximum absolute atomic E-state index is 14.3. The zero-order chi connectivity index (χ0) is 18.7. The Labute approximate surface area is 157 Å². The van der Waals surface area contributed by atoms with Gasteiger partial charge >= 0.3 is 0 Å². The van der Waals surface area contributed by atoms with Gasteiger partial charge in [0, 0.05) is 16.6 Å². The lowest BCUT2D eigenvalue weighted by atomic mass is 10.1. The second kappa shape index (κ2) is 7.84. The van der Waals surface area contributed by atoms with E-state index in [4.69, 9.17) is 15.2 Å². The molecule has 0 bridgehead atoms. The number of morpholine rings is 1. The molecule has 0 aromatic heterocycles. The molecule has 2 aromatic rings. The van der Waals surface area contributed by atoms with Gasteiger partial charge in [-0.05, 0) is 42.5 Å². The fourth-order valence-corrected chi connectivity index (χ4v) is 2.80. The number of nitrogens with zero attached hydrogens (tertiary/aromatic N) is 1. The number of carbonyl (C=O) groups excluding carboxylic acids is 2. The predicted octanol–water partition coefficient (Wildman–Crippen LogP) is 2.71. The Kier molecular flexibility index (Phi) is 5.53. The molecule has 136 valence electrons. The lowest BCUT2D eigenvalue weighted by Gasteiger charge is -2.31. The van der Waals surface area contributed by atoms with Gasteiger partial charge in [-0.15, -0.1) is 0 Å². The number of primary amides is 1. The van der Waals surface area contributed by atoms with Crippen molar-refractivity contribution >= 4 is 27.7 Å². The number of hydrogen-bond acceptors (Lipinski definition) is 4. The Hall–Kier alpha value is -2.45. The number of nitrogens with two attached hydrogens (primary N) is 1. The zero-order valence-corrected chi connectivity index (χ0v) is 15.2. The van der Waals surface area contributed by atoms with Crippen LogP contribution in [0.15, 0.2) is 46.9 Å². The molecule has 1 fully saturated rings. The van der Waals surface area contributed by atoms with E-state index < -0.39 is 23.7 Å². The topological polar surface area (TPSA) is 81.9 Å². The largest absolute Gasteiger partial charge is 0.454 e. The van der Waals surface area contributed by atoms with Crippen LogP contribution in [0.5, 0.6) is 11.5 Å². The molecule has 6 nitrogen and oxygen atoms in total. The molecule has 8 heteroatoms. The average Bonchev–Trinajstić information content (AvgIpc) is 2.64. The van der Waals surface area contributed by atoms with Crippen LogP contribution >= 0.6 is 15.9 Å². The Morgan fingerprint density at radius 3 is 2.62 bits per heavy atom. The van der Waals surface area contributed by atoms with E-state index in [1.807, 2.05) is 0 Å². The number of benzene rings is 2. The van der Waals surface area contributed by atoms with E-state index in [0.717, 1.165) is 10.5 Å². The van der Waals surface area contributed by atoms with E-state index in [2.05, 4.69) is 15.9 Å². The van der Waals surface area contributed by atoms with Gasteiger partial charge in [0.2, 0.25) is 5.91 Å². The SMILES string of the molecule is NC(=O)[C@H]1CN(C(=O)c2ccc(Oc3ccc(Br)cc3)c(F)c2)CCO1. The van der Waals surface area contributed by atoms with Crippen molar-refractivity contribution in [2.75, 3.05) is 19.7 Å². The van der Waals surface area contributed by atoms with Crippen LogP contribution in [0.25, 0.3) is 0 Å². The molecule has 26 heavy (non-hydrogen) atoms. The maximum atomic E-state index is 14.3. The van der Waals surface area contributed by atoms with E-state index in [-0.39, 0.29) is 24.5 Å². The van der Waals surface area contributed by atoms with Crippen LogP contribution < -0.4 is 10.5 Å². The second-order valence-electron chi connectivity index (χ2n) is 5.71. The Balaban J connectivity index is 1.73. The smallest absolute Gasteiger partial charge is 0.254 e. The number of halogens is 2. The number of ether oxygens (including phenoxy) is 2. The number of hydrogen-bond donors (Lipinski definition) is 1. The highest BCUT2D eigenvalue weighted by atomic mass is 79.9. The summed E-state index contributed by atoms with van der Waals surface area (Å²) < 4.78 is 25.9. The summed E-state index contributed by atoms with van der Waals surface area (Å²) in [6, 6.07) is 10.9. The van der Waals surface area contributed by atoms with Gasteiger partial charge in [-0.3, -0.25) is 9.59 Å². The highest BCUT2D eigenvalue weighted by Crippen LogP contribution is 2.27. The summed E-state index contributed by atoms with van der Waals surface area (Å²) in [6.45, 7) is 0.556. The Bertz CT molecular complexity index is 828. The maximum Gasteiger partial charge on any atom is 0.254 e. The highest BCUT2D eigenvalue weighted by molar-refractivity contribution is 9.10. The fraction of sp³-hybridized carbons (Fsp3) is 0.222. The lowest BCUT2D eigenvalue weighted by Crippen LogP contribution is -2.50. The zero-order valence-electron chi connectivity index (χ0n) is 13.7. The minimum absolute atomic E-state index is 0.0147. The third-order valence-electron chi connectivity index (χ3n) is 3.89. The van der Waals surface area contributed by atoms with Gasteiger partial charge in [0.1, 0.15) is 5.75 Å². The predicted molar refractivity (Wildman–Crippen MR) is 95.5 cm³/mol. The van der Waals surface area contributed by atoms with E-state index >= 15 is 0 Å². The molecule has 3 rings (SSSR count). The van der Waals surface area contributed by atoms with Crippen LogP contribution in [0.3, 0.4) is 0 Å². The van der Waals surface area contributed by atoms with Gasteiger partial charge in [-0.1, -0.05) is 15.9 Å². The summed E-state index contributed by atoms with van der Waals surface area (Å²) in [6.07, 6.45) is -0.849. The molecule has 1 heterocycles. The van der Waals surface area contributed by atoms with Crippen molar-refractivity contribution < 1.29 is 23.5 Å². The van der Waals surface area contributed by atoms with E-state index in [9.17, 15) is 14.0 Å². The molecule has 1 atom stereocenters. The number of carbonyl (C=O) groups is 2. The molecular weight excluding hydrogens is 407 g/mol. The molecule has 1 aliphatic rings. The van der Waals surface area contributed by atoms with Crippen molar-refractivity contribution in [1.82, 2.24) is 4.90 Å². The highest BCUT2D eigenvalue weighted by Gasteiger charge is 2.28. The van der Waals surface area contributed by atoms with Gasteiger partial charge in [-0.2, -0.15) is 0 Å². The van der Waals surface area contributed by atoms with Gasteiger partial charge in [0.05, 0.1) is 13.2 Å². The van der Waals surface area contributed by atoms with Crippen molar-refractivity contribution in [3.8, 4) is 11.5 Å². The summed E-state index contributed by atoms with van der Waals surface area (Å²) >= 11 is 3.31. The van der Waals surface area contributed by atoms with Gasteiger partial charge in [0.15, 0.2) is 17.7 Å². The van der Waals surface area contributed by atoms with Gasteiger partial charge < -0.3 is 20.1 Å². The molecule has 2 N–H and O–H groups in total. The van der Waals surface area contributed by atoms with Crippen LogP contribution in [0.1, 0.15) is 10.4 Å². The van der Waals surface area contributed by atoms with Crippen LogP contribution in [0.2, 0.25) is 0 Å². The monoisotopic (exact) mass is 422 g/mol. The van der Waals surface area contributed by atoms with Crippen LogP contribution in [0, 0.1) is 5.82 Å². The Morgan fingerprint density at radius 1 is 1.23 bits per heavy atom. The first-order valence-corrected chi connectivity index (χ1v) is 8.66. The molecule has 0 radical (unpaired) electrons. The van der Waals surface area contributed by atoms with Crippen LogP contribution in [0.4, 0.5) is 4.39 Å². The van der Waals surface area contributed by atoms with E-state index in [1.54, 1.807) is 24.3 Å². The minimum atomic E-state index is -0.849. The summed E-state index contributed by atoms with van der Waals surface area (Å²) in [5, 5.41) is 0. The van der Waals surface area contributed by atoms with Crippen molar-refractivity contribution in [3.05, 3.63) is 58.3 Å². The summed E-state index contributed by atoms with van der Waals surface area (Å²) in [7, 11) is 0. The number of rotatable bonds is 4. The fourth-order valence-electron chi connectivity index (χ4n) is 2.53. The first kappa shape index (κ1) is 18.3. The quantitative estimate of drug-likeness (QED) is 0.820. The molecular formula is C18H16BrFN2O4. The molecule has 0 unspecified atom stereocenters. The van der Waals surface area contributed by atoms with Crippen molar-refractivity contribution in [2.24, 2.45) is 5.73 Å². The molecule has 1 saturated heterocycles. The van der Waals surface area contributed by atoms with Gasteiger partial charge in [-0.25, -0.2) is 4.39 Å². The molecule has 0 aliphatic carbocycles. The van der Waals surface area contributed by atoms with E-state index in [1.165, 1.54) is 17.0 Å². The third kappa shape index (κ3) is 4.20. The van der Waals surface area contributed by atoms with Crippen molar-refractivity contribution in [1.29, 1.82) is 0 Å². The normalized spacial score (nSPS) is 17.0. The average molecular weight is 423 g/mol. The van der Waals surface area contributed by atoms with Crippen LogP contribution in [-0.4, -0.2) is 42.5 Å². The second-order valence-corrected chi connectivity index (χ2v) is 6.63. The lowest BCUT2D eigenvalue weighted by molar-refractivity contribution is -0.133. The molecule has 2 amide bonds. The summed E-state index contributed by atoms with van der Waals surface area (Å²) in [5.74, 6) is -1.19. The first-order valence-electron chi connectivity index (χ1n) is 7.87. The summed E-state index contributed by atoms with van der Waals surface area (Å²) in [4.78, 5) is 25.2. The van der Waals surface area contributed by atoms with Gasteiger partial charge in [0.25, 0.3) is 5.91 Å². The molecule has 2 aromatic carbocycles. The van der Waals surface area contributed by atoms with Crippen LogP contribution in [-0.2, 0) is 9.53 Å². The standard InChI is InChI=1S/C18H16BrFN2O4/c19-12-2-4-13(5-3-12)26-15-6-1-11(9-14(15)20)18(24)22-7-8-25-16(10-22)17(21)23/h1-6,9,16H,7-8,10H2,(H2,21,23)/t16-/m1/s1. The summed E-state index contributed by atoms with van der Waals surface area (Å²) in [5.41, 5.74) is 5.38. The molecule has 1 aliphatic heterocycles. The molecule has 0 saturated carbocycles. The minimum Gasteiger partial charge on any atom is -0.454 e. The number of amides is 2. The van der Waals surface area contributed by atoms with Crippen molar-refractivity contribution in [3.63, 3.8) is 0 Å². The third-order valence-corrected chi connectivity index (χ3v) is 4.42. The first-order chi connectivity index (χ1) is 12.4. The van der Waals surface area contributed by atoms with E-state index in [0.29, 0.717) is 12.3 Å². The Morgan fingerprint density at radius 2 is 1.96 bits per heavy atom. The van der Waals surface area contributed by atoms with Crippen molar-refractivity contribution in [2.45, 2.75) is 6.10 Å². The molecule has 0 spiro atoms.